The first kappa shape index (κ1) is 15.0. The van der Waals surface area contributed by atoms with Crippen molar-refractivity contribution in [2.75, 3.05) is 6.54 Å². The number of aromatic nitrogens is 2. The highest BCUT2D eigenvalue weighted by atomic mass is 79.9. The van der Waals surface area contributed by atoms with E-state index in [9.17, 15) is 0 Å². The maximum absolute atomic E-state index is 4.62. The summed E-state index contributed by atoms with van der Waals surface area (Å²) in [6, 6.07) is 0.568. The van der Waals surface area contributed by atoms with Crippen LogP contribution in [0.3, 0.4) is 0 Å². The van der Waals surface area contributed by atoms with E-state index in [0.717, 1.165) is 19.4 Å². The molecule has 0 amide bonds. The lowest BCUT2D eigenvalue weighted by Crippen LogP contribution is -2.44. The van der Waals surface area contributed by atoms with Gasteiger partial charge in [-0.1, -0.05) is 27.2 Å². The Labute approximate surface area is 125 Å². The van der Waals surface area contributed by atoms with Gasteiger partial charge in [-0.15, -0.1) is 0 Å². The normalized spacial score (nSPS) is 17.8. The predicted octanol–water partition coefficient (Wildman–Crippen LogP) is 3.46. The Morgan fingerprint density at radius 3 is 2.53 bits per heavy atom. The van der Waals surface area contributed by atoms with Crippen LogP contribution < -0.4 is 5.32 Å². The summed E-state index contributed by atoms with van der Waals surface area (Å²) in [4.78, 5) is 0. The van der Waals surface area contributed by atoms with Crippen LogP contribution in [0.15, 0.2) is 4.47 Å². The molecule has 0 aromatic carbocycles. The Balaban J connectivity index is 2.12. The van der Waals surface area contributed by atoms with Crippen molar-refractivity contribution in [3.8, 4) is 0 Å². The van der Waals surface area contributed by atoms with Crippen molar-refractivity contribution in [1.82, 2.24) is 15.1 Å². The molecule has 2 rings (SSSR count). The fourth-order valence-corrected chi connectivity index (χ4v) is 3.64. The van der Waals surface area contributed by atoms with E-state index in [1.54, 1.807) is 0 Å². The maximum Gasteiger partial charge on any atom is 0.0766 e. The number of hydrogen-bond acceptors (Lipinski definition) is 2. The van der Waals surface area contributed by atoms with E-state index in [1.165, 1.54) is 35.1 Å². The van der Waals surface area contributed by atoms with E-state index in [2.05, 4.69) is 58.8 Å². The summed E-state index contributed by atoms with van der Waals surface area (Å²) < 4.78 is 3.30. The lowest BCUT2D eigenvalue weighted by Gasteiger charge is -2.43. The lowest BCUT2D eigenvalue weighted by molar-refractivity contribution is 0.123. The van der Waals surface area contributed by atoms with Crippen LogP contribution in [0, 0.1) is 5.41 Å². The summed E-state index contributed by atoms with van der Waals surface area (Å²) in [6.07, 6.45) is 6.18. The van der Waals surface area contributed by atoms with Crippen LogP contribution >= 0.6 is 15.9 Å². The second-order valence-electron chi connectivity index (χ2n) is 6.25. The van der Waals surface area contributed by atoms with E-state index in [1.807, 2.05) is 0 Å². The number of halogens is 1. The fourth-order valence-electron chi connectivity index (χ4n) is 2.88. The number of hydrogen-bond donors (Lipinski definition) is 1. The Bertz CT molecular complexity index is 433. The van der Waals surface area contributed by atoms with Crippen LogP contribution in [0.1, 0.15) is 51.4 Å². The molecule has 1 saturated carbocycles. The van der Waals surface area contributed by atoms with Crippen LogP contribution in [-0.2, 0) is 19.9 Å². The minimum atomic E-state index is 0.450. The predicted molar refractivity (Wildman–Crippen MR) is 83.4 cm³/mol. The van der Waals surface area contributed by atoms with Gasteiger partial charge in [0.15, 0.2) is 0 Å². The summed E-state index contributed by atoms with van der Waals surface area (Å²) in [7, 11) is 2.07. The van der Waals surface area contributed by atoms with Crippen LogP contribution in [0.4, 0.5) is 0 Å². The zero-order valence-electron chi connectivity index (χ0n) is 12.6. The Kier molecular flexibility index (Phi) is 4.72. The summed E-state index contributed by atoms with van der Waals surface area (Å²) >= 11 is 3.74. The first-order valence-electron chi connectivity index (χ1n) is 7.41. The van der Waals surface area contributed by atoms with Crippen molar-refractivity contribution < 1.29 is 0 Å². The Morgan fingerprint density at radius 2 is 2.11 bits per heavy atom. The molecule has 3 nitrogen and oxygen atoms in total. The third-order valence-electron chi connectivity index (χ3n) is 4.34. The largest absolute Gasteiger partial charge is 0.314 e. The van der Waals surface area contributed by atoms with Crippen molar-refractivity contribution in [1.29, 1.82) is 0 Å². The van der Waals surface area contributed by atoms with Crippen molar-refractivity contribution in [3.05, 3.63) is 15.9 Å². The van der Waals surface area contributed by atoms with Gasteiger partial charge in [-0.05, 0) is 47.0 Å². The van der Waals surface area contributed by atoms with Gasteiger partial charge < -0.3 is 5.32 Å². The number of nitrogens with one attached hydrogen (secondary N) is 1. The molecule has 0 saturated heterocycles. The number of nitrogens with zero attached hydrogens (tertiary/aromatic N) is 2. The van der Waals surface area contributed by atoms with Crippen LogP contribution in [-0.4, -0.2) is 22.4 Å². The quantitative estimate of drug-likeness (QED) is 0.867. The van der Waals surface area contributed by atoms with Crippen molar-refractivity contribution in [3.63, 3.8) is 0 Å². The molecule has 1 aliphatic carbocycles. The minimum absolute atomic E-state index is 0.450. The molecular weight excluding hydrogens is 302 g/mol. The van der Waals surface area contributed by atoms with E-state index >= 15 is 0 Å². The molecule has 0 spiro atoms. The molecule has 4 heteroatoms. The highest BCUT2D eigenvalue weighted by molar-refractivity contribution is 9.10. The lowest BCUT2D eigenvalue weighted by atomic mass is 9.66. The van der Waals surface area contributed by atoms with Gasteiger partial charge in [-0.2, -0.15) is 5.10 Å². The van der Waals surface area contributed by atoms with E-state index in [4.69, 9.17) is 0 Å². The van der Waals surface area contributed by atoms with Gasteiger partial charge in [-0.3, -0.25) is 4.68 Å². The second kappa shape index (κ2) is 5.96. The van der Waals surface area contributed by atoms with Gasteiger partial charge >= 0.3 is 0 Å². The molecule has 1 aromatic rings. The Hall–Kier alpha value is -0.350. The first-order valence-corrected chi connectivity index (χ1v) is 8.20. The van der Waals surface area contributed by atoms with Crippen LogP contribution in [0.25, 0.3) is 0 Å². The van der Waals surface area contributed by atoms with Gasteiger partial charge in [0.25, 0.3) is 0 Å². The molecule has 0 bridgehead atoms. The third kappa shape index (κ3) is 3.22. The second-order valence-corrected chi connectivity index (χ2v) is 7.04. The summed E-state index contributed by atoms with van der Waals surface area (Å²) in [5, 5.41) is 8.24. The minimum Gasteiger partial charge on any atom is -0.314 e. The molecule has 1 aromatic heterocycles. The molecule has 1 heterocycles. The smallest absolute Gasteiger partial charge is 0.0766 e. The zero-order chi connectivity index (χ0) is 14.0. The van der Waals surface area contributed by atoms with Crippen molar-refractivity contribution in [2.45, 2.75) is 58.9 Å². The number of aryl methyl sites for hydroxylation is 2. The topological polar surface area (TPSA) is 29.9 Å². The third-order valence-corrected chi connectivity index (χ3v) is 5.26. The maximum atomic E-state index is 4.62. The zero-order valence-corrected chi connectivity index (χ0v) is 14.2. The van der Waals surface area contributed by atoms with Gasteiger partial charge in [0.2, 0.25) is 0 Å². The van der Waals surface area contributed by atoms with Gasteiger partial charge in [0.05, 0.1) is 15.9 Å². The molecule has 0 radical (unpaired) electrons. The van der Waals surface area contributed by atoms with Gasteiger partial charge in [0, 0.05) is 19.6 Å². The van der Waals surface area contributed by atoms with Crippen molar-refractivity contribution in [2.24, 2.45) is 12.5 Å². The molecule has 19 heavy (non-hydrogen) atoms. The van der Waals surface area contributed by atoms with E-state index in [0.29, 0.717) is 11.5 Å². The Morgan fingerprint density at radius 1 is 1.42 bits per heavy atom. The first-order chi connectivity index (χ1) is 8.97. The molecule has 108 valence electrons. The highest BCUT2D eigenvalue weighted by Gasteiger charge is 2.38. The monoisotopic (exact) mass is 327 g/mol. The molecule has 0 atom stereocenters. The molecular formula is C15H26BrN3. The summed E-state index contributed by atoms with van der Waals surface area (Å²) in [5.74, 6) is 0. The number of rotatable bonds is 6. The van der Waals surface area contributed by atoms with E-state index < -0.39 is 0 Å². The van der Waals surface area contributed by atoms with E-state index in [-0.39, 0.29) is 0 Å². The standard InChI is InChI=1S/C15H26BrN3/c1-5-12-14(16)13(19(4)18-12)9-15(7-6-8-15)10-17-11(2)3/h11,17H,5-10H2,1-4H3. The summed E-state index contributed by atoms with van der Waals surface area (Å²) in [6.45, 7) is 7.74. The molecule has 1 fully saturated rings. The van der Waals surface area contributed by atoms with Crippen LogP contribution in [0.5, 0.6) is 0 Å². The molecule has 0 aliphatic heterocycles. The average molecular weight is 328 g/mol. The van der Waals surface area contributed by atoms with Crippen molar-refractivity contribution >= 4 is 15.9 Å². The average Bonchev–Trinajstić information content (AvgIpc) is 2.58. The van der Waals surface area contributed by atoms with Gasteiger partial charge in [-0.25, -0.2) is 0 Å². The summed E-state index contributed by atoms with van der Waals surface area (Å²) in [5.41, 5.74) is 3.00. The molecule has 0 unspecified atom stereocenters. The molecule has 1 aliphatic rings. The highest BCUT2D eigenvalue weighted by Crippen LogP contribution is 2.44. The van der Waals surface area contributed by atoms with Crippen LogP contribution in [0.2, 0.25) is 0 Å². The molecule has 1 N–H and O–H groups in total. The van der Waals surface area contributed by atoms with Gasteiger partial charge in [0.1, 0.15) is 0 Å². The fraction of sp³-hybridized carbons (Fsp3) is 0.800. The SMILES string of the molecule is CCc1nn(C)c(CC2(CNC(C)C)CCC2)c1Br.